The zero-order chi connectivity index (χ0) is 8.39. The summed E-state index contributed by atoms with van der Waals surface area (Å²) in [5.74, 6) is 2.72. The molecule has 1 amide bonds. The third kappa shape index (κ3) is 1.59. The predicted molar refractivity (Wildman–Crippen MR) is 50.1 cm³/mol. The Balaban J connectivity index is 1.93. The third-order valence-corrected chi connectivity index (χ3v) is 3.56. The first kappa shape index (κ1) is 8.38. The molecule has 2 saturated heterocycles. The van der Waals surface area contributed by atoms with E-state index in [0.717, 1.165) is 6.67 Å². The molecule has 0 bridgehead atoms. The molecule has 0 aliphatic carbocycles. The second kappa shape index (κ2) is 3.66. The fraction of sp³-hybridized carbons (Fsp3) is 0.875. The minimum atomic E-state index is 0.284. The Morgan fingerprint density at radius 1 is 1.42 bits per heavy atom. The van der Waals surface area contributed by atoms with Gasteiger partial charge in [-0.05, 0) is 24.3 Å². The van der Waals surface area contributed by atoms with E-state index < -0.39 is 0 Å². The maximum atomic E-state index is 11.3. The first-order valence-corrected chi connectivity index (χ1v) is 5.61. The molecule has 0 radical (unpaired) electrons. The summed E-state index contributed by atoms with van der Waals surface area (Å²) >= 11 is 2.00. The van der Waals surface area contributed by atoms with Gasteiger partial charge < -0.3 is 4.90 Å². The Morgan fingerprint density at radius 3 is 2.75 bits per heavy atom. The summed E-state index contributed by atoms with van der Waals surface area (Å²) in [6.45, 7) is 1.32. The molecule has 68 valence electrons. The fourth-order valence-electron chi connectivity index (χ4n) is 1.80. The van der Waals surface area contributed by atoms with Gasteiger partial charge in [-0.2, -0.15) is 11.8 Å². The minimum Gasteiger partial charge on any atom is -0.326 e. The van der Waals surface area contributed by atoms with Crippen molar-refractivity contribution >= 4 is 17.7 Å². The van der Waals surface area contributed by atoms with Crippen molar-refractivity contribution in [2.45, 2.75) is 18.9 Å². The van der Waals surface area contributed by atoms with Gasteiger partial charge in [-0.15, -0.1) is 0 Å². The second-order valence-corrected chi connectivity index (χ2v) is 4.52. The van der Waals surface area contributed by atoms with Crippen LogP contribution in [0.25, 0.3) is 0 Å². The number of nitrogens with zero attached hydrogens (tertiary/aromatic N) is 1. The van der Waals surface area contributed by atoms with Crippen molar-refractivity contribution in [3.8, 4) is 0 Å². The largest absolute Gasteiger partial charge is 0.326 e. The Morgan fingerprint density at radius 2 is 2.17 bits per heavy atom. The van der Waals surface area contributed by atoms with Crippen LogP contribution >= 0.6 is 11.8 Å². The molecular weight excluding hydrogens is 172 g/mol. The number of amides is 1. The van der Waals surface area contributed by atoms with E-state index in [2.05, 4.69) is 5.32 Å². The summed E-state index contributed by atoms with van der Waals surface area (Å²) < 4.78 is 0. The zero-order valence-corrected chi connectivity index (χ0v) is 7.90. The standard InChI is InChI=1S/C8H14N2OS/c11-8-5-9-6-10(8)7-1-3-12-4-2-7/h7,9H,1-6H2. The molecule has 0 aromatic rings. The Labute approximate surface area is 76.9 Å². The van der Waals surface area contributed by atoms with Crippen LogP contribution in [0.1, 0.15) is 12.8 Å². The number of carbonyl (C=O) groups is 1. The van der Waals surface area contributed by atoms with Gasteiger partial charge in [0.15, 0.2) is 0 Å². The molecule has 2 aliphatic rings. The van der Waals surface area contributed by atoms with Crippen LogP contribution in [0.4, 0.5) is 0 Å². The lowest BCUT2D eigenvalue weighted by Gasteiger charge is -2.29. The lowest BCUT2D eigenvalue weighted by atomic mass is 10.1. The van der Waals surface area contributed by atoms with E-state index in [4.69, 9.17) is 0 Å². The maximum Gasteiger partial charge on any atom is 0.237 e. The molecular formula is C8H14N2OS. The molecule has 3 nitrogen and oxygen atoms in total. The smallest absolute Gasteiger partial charge is 0.237 e. The molecule has 0 spiro atoms. The quantitative estimate of drug-likeness (QED) is 0.638. The summed E-state index contributed by atoms with van der Waals surface area (Å²) in [7, 11) is 0. The van der Waals surface area contributed by atoms with Crippen LogP contribution in [0.5, 0.6) is 0 Å². The van der Waals surface area contributed by atoms with Crippen LogP contribution in [0.2, 0.25) is 0 Å². The molecule has 2 fully saturated rings. The summed E-state index contributed by atoms with van der Waals surface area (Å²) in [5.41, 5.74) is 0. The highest BCUT2D eigenvalue weighted by Crippen LogP contribution is 2.22. The number of rotatable bonds is 1. The van der Waals surface area contributed by atoms with Crippen LogP contribution in [0.3, 0.4) is 0 Å². The van der Waals surface area contributed by atoms with Crippen LogP contribution < -0.4 is 5.32 Å². The number of carbonyl (C=O) groups excluding carboxylic acids is 1. The van der Waals surface area contributed by atoms with Crippen molar-refractivity contribution in [2.24, 2.45) is 0 Å². The van der Waals surface area contributed by atoms with Gasteiger partial charge in [-0.25, -0.2) is 0 Å². The van der Waals surface area contributed by atoms with E-state index in [1.807, 2.05) is 16.7 Å². The SMILES string of the molecule is O=C1CNCN1C1CCSCC1. The van der Waals surface area contributed by atoms with Crippen LogP contribution in [-0.2, 0) is 4.79 Å². The average Bonchev–Trinajstić information content (AvgIpc) is 2.53. The maximum absolute atomic E-state index is 11.3. The highest BCUT2D eigenvalue weighted by Gasteiger charge is 2.28. The molecule has 1 N–H and O–H groups in total. The predicted octanol–water partition coefficient (Wildman–Crippen LogP) is 0.271. The van der Waals surface area contributed by atoms with Crippen molar-refractivity contribution in [1.82, 2.24) is 10.2 Å². The van der Waals surface area contributed by atoms with Gasteiger partial charge in [0.05, 0.1) is 13.2 Å². The number of hydrogen-bond donors (Lipinski definition) is 1. The van der Waals surface area contributed by atoms with Crippen molar-refractivity contribution < 1.29 is 4.79 Å². The molecule has 2 aliphatic heterocycles. The topological polar surface area (TPSA) is 32.3 Å². The van der Waals surface area contributed by atoms with E-state index in [0.29, 0.717) is 12.6 Å². The van der Waals surface area contributed by atoms with Gasteiger partial charge in [0.2, 0.25) is 5.91 Å². The number of hydrogen-bond acceptors (Lipinski definition) is 3. The third-order valence-electron chi connectivity index (χ3n) is 2.51. The highest BCUT2D eigenvalue weighted by molar-refractivity contribution is 7.99. The lowest BCUT2D eigenvalue weighted by Crippen LogP contribution is -2.39. The van der Waals surface area contributed by atoms with Crippen molar-refractivity contribution in [1.29, 1.82) is 0 Å². The lowest BCUT2D eigenvalue weighted by molar-refractivity contribution is -0.128. The van der Waals surface area contributed by atoms with Gasteiger partial charge in [0.25, 0.3) is 0 Å². The highest BCUT2D eigenvalue weighted by atomic mass is 32.2. The van der Waals surface area contributed by atoms with E-state index in [1.54, 1.807) is 0 Å². The van der Waals surface area contributed by atoms with Crippen molar-refractivity contribution in [3.63, 3.8) is 0 Å². The van der Waals surface area contributed by atoms with Gasteiger partial charge in [0, 0.05) is 6.04 Å². The van der Waals surface area contributed by atoms with Gasteiger partial charge in [-0.3, -0.25) is 10.1 Å². The Bertz CT molecular complexity index is 180. The Hall–Kier alpha value is -0.220. The minimum absolute atomic E-state index is 0.284. The fourth-order valence-corrected chi connectivity index (χ4v) is 2.88. The first-order chi connectivity index (χ1) is 5.88. The van der Waals surface area contributed by atoms with Crippen LogP contribution in [0.15, 0.2) is 0 Å². The normalized spacial score (nSPS) is 26.7. The molecule has 0 aromatic heterocycles. The number of nitrogens with one attached hydrogen (secondary N) is 1. The molecule has 0 atom stereocenters. The van der Waals surface area contributed by atoms with Gasteiger partial charge in [-0.1, -0.05) is 0 Å². The Kier molecular flexibility index (Phi) is 2.56. The summed E-state index contributed by atoms with van der Waals surface area (Å²) in [6, 6.07) is 0.522. The van der Waals surface area contributed by atoms with E-state index in [-0.39, 0.29) is 5.91 Å². The van der Waals surface area contributed by atoms with Crippen LogP contribution in [-0.4, -0.2) is 41.6 Å². The van der Waals surface area contributed by atoms with E-state index >= 15 is 0 Å². The monoisotopic (exact) mass is 186 g/mol. The first-order valence-electron chi connectivity index (χ1n) is 4.46. The second-order valence-electron chi connectivity index (χ2n) is 3.29. The molecule has 4 heteroatoms. The zero-order valence-electron chi connectivity index (χ0n) is 7.08. The average molecular weight is 186 g/mol. The molecule has 0 aromatic carbocycles. The summed E-state index contributed by atoms with van der Waals surface area (Å²) in [4.78, 5) is 13.3. The van der Waals surface area contributed by atoms with Crippen molar-refractivity contribution in [3.05, 3.63) is 0 Å². The molecule has 12 heavy (non-hydrogen) atoms. The van der Waals surface area contributed by atoms with Crippen LogP contribution in [0, 0.1) is 0 Å². The van der Waals surface area contributed by atoms with E-state index in [9.17, 15) is 4.79 Å². The number of thioether (sulfide) groups is 1. The molecule has 2 rings (SSSR count). The molecule has 2 heterocycles. The molecule has 0 unspecified atom stereocenters. The van der Waals surface area contributed by atoms with E-state index in [1.165, 1.54) is 24.3 Å². The summed E-state index contributed by atoms with van der Waals surface area (Å²) in [6.07, 6.45) is 2.36. The van der Waals surface area contributed by atoms with Crippen molar-refractivity contribution in [2.75, 3.05) is 24.7 Å². The van der Waals surface area contributed by atoms with Gasteiger partial charge >= 0.3 is 0 Å². The molecule has 0 saturated carbocycles. The van der Waals surface area contributed by atoms with Gasteiger partial charge in [0.1, 0.15) is 0 Å². The summed E-state index contributed by atoms with van der Waals surface area (Å²) in [5, 5.41) is 3.09.